The van der Waals surface area contributed by atoms with Crippen LogP contribution in [0.1, 0.15) is 51.0 Å². The summed E-state index contributed by atoms with van der Waals surface area (Å²) in [6.07, 6.45) is 6.94. The van der Waals surface area contributed by atoms with Crippen molar-refractivity contribution in [3.63, 3.8) is 0 Å². The standard InChI is InChI=1S/C20H30N4O2.ClH/c1-2-22-19(26)24-11-8-15-6-7-16(12-17(15)24)23-18(25)13-20(14-21)9-4-3-5-10-20;/h6-7,12H,2-5,8-11,13-14,21H2,1H3,(H,22,26)(H,23,25);1H. The van der Waals surface area contributed by atoms with E-state index in [-0.39, 0.29) is 29.8 Å². The number of nitrogens with one attached hydrogen (secondary N) is 2. The van der Waals surface area contributed by atoms with Gasteiger partial charge in [-0.2, -0.15) is 0 Å². The summed E-state index contributed by atoms with van der Waals surface area (Å²) < 4.78 is 0. The number of fused-ring (bicyclic) bond motifs is 1. The minimum Gasteiger partial charge on any atom is -0.338 e. The first-order valence-corrected chi connectivity index (χ1v) is 9.75. The van der Waals surface area contributed by atoms with Gasteiger partial charge in [0.2, 0.25) is 5.91 Å². The highest BCUT2D eigenvalue weighted by Gasteiger charge is 2.33. The number of hydrogen-bond acceptors (Lipinski definition) is 3. The van der Waals surface area contributed by atoms with Crippen molar-refractivity contribution in [1.29, 1.82) is 0 Å². The summed E-state index contributed by atoms with van der Waals surface area (Å²) in [7, 11) is 0. The van der Waals surface area contributed by atoms with Gasteiger partial charge < -0.3 is 16.4 Å². The molecule has 0 unspecified atom stereocenters. The quantitative estimate of drug-likeness (QED) is 0.714. The lowest BCUT2D eigenvalue weighted by molar-refractivity contribution is -0.118. The second-order valence-corrected chi connectivity index (χ2v) is 7.57. The fraction of sp³-hybridized carbons (Fsp3) is 0.600. The number of rotatable bonds is 5. The van der Waals surface area contributed by atoms with Gasteiger partial charge in [0, 0.05) is 25.2 Å². The second kappa shape index (κ2) is 9.42. The number of amides is 3. The Kier molecular flexibility index (Phi) is 7.50. The number of nitrogens with two attached hydrogens (primary N) is 1. The highest BCUT2D eigenvalue weighted by Crippen LogP contribution is 2.39. The van der Waals surface area contributed by atoms with Crippen LogP contribution in [0, 0.1) is 5.41 Å². The van der Waals surface area contributed by atoms with E-state index in [0.717, 1.165) is 49.0 Å². The van der Waals surface area contributed by atoms with Crippen molar-refractivity contribution >= 4 is 35.7 Å². The summed E-state index contributed by atoms with van der Waals surface area (Å²) in [5.41, 5.74) is 8.72. The third-order valence-electron chi connectivity index (χ3n) is 5.72. The molecule has 6 nitrogen and oxygen atoms in total. The van der Waals surface area contributed by atoms with Crippen LogP contribution in [0.25, 0.3) is 0 Å². The molecule has 1 saturated carbocycles. The summed E-state index contributed by atoms with van der Waals surface area (Å²) in [6, 6.07) is 5.75. The lowest BCUT2D eigenvalue weighted by Crippen LogP contribution is -2.38. The van der Waals surface area contributed by atoms with Gasteiger partial charge in [-0.25, -0.2) is 4.79 Å². The van der Waals surface area contributed by atoms with Crippen LogP contribution in [0.5, 0.6) is 0 Å². The first kappa shape index (κ1) is 21.5. The lowest BCUT2D eigenvalue weighted by atomic mass is 9.71. The molecule has 1 aromatic carbocycles. The third kappa shape index (κ3) is 4.93. The monoisotopic (exact) mass is 394 g/mol. The van der Waals surface area contributed by atoms with Crippen molar-refractivity contribution in [1.82, 2.24) is 5.32 Å². The van der Waals surface area contributed by atoms with Crippen LogP contribution in [-0.2, 0) is 11.2 Å². The molecule has 0 aromatic heterocycles. The Morgan fingerprint density at radius 1 is 1.22 bits per heavy atom. The maximum Gasteiger partial charge on any atom is 0.321 e. The van der Waals surface area contributed by atoms with Gasteiger partial charge in [-0.15, -0.1) is 12.4 Å². The Labute approximate surface area is 167 Å². The Balaban J connectivity index is 0.00000261. The molecule has 3 rings (SSSR count). The van der Waals surface area contributed by atoms with Crippen LogP contribution in [-0.4, -0.2) is 31.6 Å². The number of halogens is 1. The van der Waals surface area contributed by atoms with Gasteiger partial charge in [-0.3, -0.25) is 9.69 Å². The molecule has 7 heteroatoms. The van der Waals surface area contributed by atoms with Gasteiger partial charge in [0.15, 0.2) is 0 Å². The van der Waals surface area contributed by atoms with E-state index in [1.54, 1.807) is 4.90 Å². The fourth-order valence-corrected chi connectivity index (χ4v) is 4.22. The molecule has 1 aliphatic heterocycles. The summed E-state index contributed by atoms with van der Waals surface area (Å²) >= 11 is 0. The molecule has 3 amide bonds. The number of carbonyl (C=O) groups is 2. The Morgan fingerprint density at radius 2 is 1.96 bits per heavy atom. The van der Waals surface area contributed by atoms with Crippen molar-refractivity contribution in [2.45, 2.75) is 51.9 Å². The first-order chi connectivity index (χ1) is 12.6. The minimum atomic E-state index is -0.0842. The molecule has 4 N–H and O–H groups in total. The topological polar surface area (TPSA) is 87.5 Å². The van der Waals surface area contributed by atoms with Crippen molar-refractivity contribution in [2.75, 3.05) is 29.9 Å². The molecule has 0 radical (unpaired) electrons. The van der Waals surface area contributed by atoms with Crippen LogP contribution in [0.15, 0.2) is 18.2 Å². The van der Waals surface area contributed by atoms with Crippen LogP contribution < -0.4 is 21.3 Å². The Bertz CT molecular complexity index is 674. The van der Waals surface area contributed by atoms with Crippen molar-refractivity contribution in [2.24, 2.45) is 11.1 Å². The third-order valence-corrected chi connectivity index (χ3v) is 5.72. The first-order valence-electron chi connectivity index (χ1n) is 9.75. The van der Waals surface area contributed by atoms with Crippen molar-refractivity contribution in [3.8, 4) is 0 Å². The van der Waals surface area contributed by atoms with Crippen LogP contribution >= 0.6 is 12.4 Å². The zero-order chi connectivity index (χ0) is 18.6. The molecule has 0 atom stereocenters. The van der Waals surface area contributed by atoms with Gasteiger partial charge in [-0.1, -0.05) is 25.3 Å². The van der Waals surface area contributed by atoms with E-state index >= 15 is 0 Å². The number of urea groups is 1. The highest BCUT2D eigenvalue weighted by atomic mass is 35.5. The molecule has 0 spiro atoms. The molecule has 150 valence electrons. The maximum atomic E-state index is 12.6. The highest BCUT2D eigenvalue weighted by molar-refractivity contribution is 5.96. The summed E-state index contributed by atoms with van der Waals surface area (Å²) in [6.45, 7) is 3.75. The van der Waals surface area contributed by atoms with Crippen molar-refractivity contribution in [3.05, 3.63) is 23.8 Å². The van der Waals surface area contributed by atoms with Gasteiger partial charge >= 0.3 is 6.03 Å². The zero-order valence-corrected chi connectivity index (χ0v) is 16.9. The maximum absolute atomic E-state index is 12.6. The second-order valence-electron chi connectivity index (χ2n) is 7.57. The normalized spacial score (nSPS) is 17.6. The summed E-state index contributed by atoms with van der Waals surface area (Å²) in [5.74, 6) is 0.0138. The van der Waals surface area contributed by atoms with E-state index in [9.17, 15) is 9.59 Å². The van der Waals surface area contributed by atoms with Gasteiger partial charge in [-0.05, 0) is 55.8 Å². The Morgan fingerprint density at radius 3 is 2.63 bits per heavy atom. The zero-order valence-electron chi connectivity index (χ0n) is 16.1. The van der Waals surface area contributed by atoms with E-state index in [4.69, 9.17) is 5.73 Å². The molecule has 27 heavy (non-hydrogen) atoms. The molecule has 1 fully saturated rings. The van der Waals surface area contributed by atoms with E-state index in [0.29, 0.717) is 26.1 Å². The van der Waals surface area contributed by atoms with E-state index in [2.05, 4.69) is 10.6 Å². The number of nitrogens with zero attached hydrogens (tertiary/aromatic N) is 1. The molecular weight excluding hydrogens is 364 g/mol. The molecule has 0 bridgehead atoms. The number of benzene rings is 1. The van der Waals surface area contributed by atoms with E-state index < -0.39 is 0 Å². The molecule has 1 aromatic rings. The van der Waals surface area contributed by atoms with Crippen LogP contribution in [0.4, 0.5) is 16.2 Å². The number of hydrogen-bond donors (Lipinski definition) is 3. The molecule has 1 aliphatic carbocycles. The van der Waals surface area contributed by atoms with Crippen LogP contribution in [0.3, 0.4) is 0 Å². The summed E-state index contributed by atoms with van der Waals surface area (Å²) in [4.78, 5) is 26.5. The molecular formula is C20H31ClN4O2. The molecule has 2 aliphatic rings. The average Bonchev–Trinajstić information content (AvgIpc) is 3.06. The van der Waals surface area contributed by atoms with Gasteiger partial charge in [0.1, 0.15) is 0 Å². The SMILES string of the molecule is CCNC(=O)N1CCc2ccc(NC(=O)CC3(CN)CCCCC3)cc21.Cl. The van der Waals surface area contributed by atoms with E-state index in [1.165, 1.54) is 6.42 Å². The predicted molar refractivity (Wildman–Crippen MR) is 112 cm³/mol. The minimum absolute atomic E-state index is 0. The molecule has 1 heterocycles. The van der Waals surface area contributed by atoms with Crippen molar-refractivity contribution < 1.29 is 9.59 Å². The Hall–Kier alpha value is -1.79. The van der Waals surface area contributed by atoms with E-state index in [1.807, 2.05) is 25.1 Å². The number of carbonyl (C=O) groups excluding carboxylic acids is 2. The van der Waals surface area contributed by atoms with Gasteiger partial charge in [0.25, 0.3) is 0 Å². The smallest absolute Gasteiger partial charge is 0.321 e. The predicted octanol–water partition coefficient (Wildman–Crippen LogP) is 3.44. The summed E-state index contributed by atoms with van der Waals surface area (Å²) in [5, 5.41) is 5.86. The number of anilines is 2. The molecule has 0 saturated heterocycles. The lowest BCUT2D eigenvalue weighted by Gasteiger charge is -2.35. The largest absolute Gasteiger partial charge is 0.338 e. The van der Waals surface area contributed by atoms with Crippen LogP contribution in [0.2, 0.25) is 0 Å². The van der Waals surface area contributed by atoms with Gasteiger partial charge in [0.05, 0.1) is 5.69 Å². The average molecular weight is 395 g/mol. The fourth-order valence-electron chi connectivity index (χ4n) is 4.22.